The molecule has 0 aliphatic heterocycles. The van der Waals surface area contributed by atoms with Gasteiger partial charge in [-0.3, -0.25) is 0 Å². The second-order valence-electron chi connectivity index (χ2n) is 5.16. The van der Waals surface area contributed by atoms with Crippen molar-refractivity contribution < 1.29 is 22.7 Å². The van der Waals surface area contributed by atoms with E-state index in [0.29, 0.717) is 5.56 Å². The van der Waals surface area contributed by atoms with Crippen molar-refractivity contribution in [2.75, 3.05) is 7.11 Å². The molecule has 1 aliphatic carbocycles. The molecule has 116 valence electrons. The summed E-state index contributed by atoms with van der Waals surface area (Å²) in [5.41, 5.74) is 0.739. The molecule has 1 aliphatic rings. The molecular weight excluding hydrogens is 294 g/mol. The number of hydrogen-bond donors (Lipinski definition) is 1. The Morgan fingerprint density at radius 3 is 2.52 bits per heavy atom. The van der Waals surface area contributed by atoms with Crippen molar-refractivity contribution in [2.45, 2.75) is 43.3 Å². The molecule has 0 unspecified atom stereocenters. The third kappa shape index (κ3) is 4.26. The summed E-state index contributed by atoms with van der Waals surface area (Å²) in [6, 6.07) is 4.20. The molecular formula is C14H19NO5S. The van der Waals surface area contributed by atoms with E-state index in [-0.39, 0.29) is 23.2 Å². The molecule has 0 saturated heterocycles. The van der Waals surface area contributed by atoms with Gasteiger partial charge < -0.3 is 9.47 Å². The van der Waals surface area contributed by atoms with Crippen molar-refractivity contribution in [1.82, 2.24) is 0 Å². The van der Waals surface area contributed by atoms with Crippen LogP contribution < -0.4 is 5.14 Å². The normalized spacial score (nSPS) is 16.1. The van der Waals surface area contributed by atoms with Gasteiger partial charge in [-0.25, -0.2) is 18.4 Å². The van der Waals surface area contributed by atoms with Gasteiger partial charge in [-0.15, -0.1) is 0 Å². The number of primary sulfonamides is 1. The molecule has 0 heterocycles. The minimum absolute atomic E-state index is 0.0819. The van der Waals surface area contributed by atoms with Crippen molar-refractivity contribution >= 4 is 16.0 Å². The molecule has 0 bridgehead atoms. The first-order valence-corrected chi connectivity index (χ1v) is 8.31. The average molecular weight is 313 g/mol. The molecule has 0 spiro atoms. The zero-order chi connectivity index (χ0) is 15.5. The standard InChI is InChI=1S/C14H19NO5S/c1-19-9-10-6-11(8-13(7-10)21(15,17)18)14(16)20-12-4-2-3-5-12/h6-8,12H,2-5,9H2,1H3,(H2,15,17,18). The Morgan fingerprint density at radius 1 is 1.29 bits per heavy atom. The number of benzene rings is 1. The van der Waals surface area contributed by atoms with Crippen LogP contribution in [0.3, 0.4) is 0 Å². The summed E-state index contributed by atoms with van der Waals surface area (Å²) in [7, 11) is -2.40. The van der Waals surface area contributed by atoms with Crippen molar-refractivity contribution in [3.8, 4) is 0 Å². The molecule has 1 fully saturated rings. The number of carbonyl (C=O) groups is 1. The third-order valence-corrected chi connectivity index (χ3v) is 4.31. The highest BCUT2D eigenvalue weighted by Crippen LogP contribution is 2.23. The van der Waals surface area contributed by atoms with Crippen LogP contribution in [0, 0.1) is 0 Å². The minimum atomic E-state index is -3.89. The smallest absolute Gasteiger partial charge is 0.338 e. The molecule has 2 rings (SSSR count). The number of carbonyl (C=O) groups excluding carboxylic acids is 1. The Labute approximate surface area is 124 Å². The molecule has 0 atom stereocenters. The Kier molecular flexibility index (Phi) is 4.97. The maximum atomic E-state index is 12.1. The molecule has 0 radical (unpaired) electrons. The maximum Gasteiger partial charge on any atom is 0.338 e. The highest BCUT2D eigenvalue weighted by molar-refractivity contribution is 7.89. The van der Waals surface area contributed by atoms with Crippen LogP contribution in [0.15, 0.2) is 23.1 Å². The van der Waals surface area contributed by atoms with Crippen LogP contribution in [0.25, 0.3) is 0 Å². The van der Waals surface area contributed by atoms with Gasteiger partial charge in [0.1, 0.15) is 6.10 Å². The van der Waals surface area contributed by atoms with Crippen LogP contribution in [-0.2, 0) is 26.1 Å². The van der Waals surface area contributed by atoms with E-state index in [1.807, 2.05) is 0 Å². The van der Waals surface area contributed by atoms with Gasteiger partial charge in [0, 0.05) is 7.11 Å². The third-order valence-electron chi connectivity index (χ3n) is 3.42. The molecule has 0 aromatic heterocycles. The molecule has 2 N–H and O–H groups in total. The fourth-order valence-electron chi connectivity index (χ4n) is 2.42. The first-order valence-electron chi connectivity index (χ1n) is 6.77. The Hall–Kier alpha value is -1.44. The second-order valence-corrected chi connectivity index (χ2v) is 6.72. The number of hydrogen-bond acceptors (Lipinski definition) is 5. The number of nitrogens with two attached hydrogens (primary N) is 1. The second kappa shape index (κ2) is 6.55. The molecule has 0 amide bonds. The van der Waals surface area contributed by atoms with E-state index >= 15 is 0 Å². The average Bonchev–Trinajstić information content (AvgIpc) is 2.90. The van der Waals surface area contributed by atoms with Crippen molar-refractivity contribution in [1.29, 1.82) is 0 Å². The topological polar surface area (TPSA) is 95.7 Å². The van der Waals surface area contributed by atoms with Crippen LogP contribution in [0.2, 0.25) is 0 Å². The van der Waals surface area contributed by atoms with E-state index in [1.54, 1.807) is 6.07 Å². The molecule has 1 aromatic rings. The number of sulfonamides is 1. The van der Waals surface area contributed by atoms with Crippen LogP contribution >= 0.6 is 0 Å². The molecule has 1 saturated carbocycles. The monoisotopic (exact) mass is 313 g/mol. The largest absolute Gasteiger partial charge is 0.459 e. The SMILES string of the molecule is COCc1cc(C(=O)OC2CCCC2)cc(S(N)(=O)=O)c1. The fraction of sp³-hybridized carbons (Fsp3) is 0.500. The van der Waals surface area contributed by atoms with Gasteiger partial charge in [-0.2, -0.15) is 0 Å². The Bertz CT molecular complexity index is 620. The predicted molar refractivity (Wildman–Crippen MR) is 76.2 cm³/mol. The van der Waals surface area contributed by atoms with Gasteiger partial charge in [0.25, 0.3) is 0 Å². The predicted octanol–water partition coefficient (Wildman–Crippen LogP) is 1.58. The zero-order valence-electron chi connectivity index (χ0n) is 11.9. The Morgan fingerprint density at radius 2 is 1.95 bits per heavy atom. The van der Waals surface area contributed by atoms with Gasteiger partial charge in [0.05, 0.1) is 17.1 Å². The first kappa shape index (κ1) is 15.9. The van der Waals surface area contributed by atoms with Crippen LogP contribution in [0.5, 0.6) is 0 Å². The van der Waals surface area contributed by atoms with Gasteiger partial charge in [0.15, 0.2) is 0 Å². The van der Waals surface area contributed by atoms with Gasteiger partial charge in [-0.05, 0) is 49.4 Å². The van der Waals surface area contributed by atoms with E-state index in [4.69, 9.17) is 14.6 Å². The summed E-state index contributed by atoms with van der Waals surface area (Å²) >= 11 is 0. The van der Waals surface area contributed by atoms with E-state index in [2.05, 4.69) is 0 Å². The quantitative estimate of drug-likeness (QED) is 0.833. The summed E-state index contributed by atoms with van der Waals surface area (Å²) < 4.78 is 33.3. The highest BCUT2D eigenvalue weighted by Gasteiger charge is 2.21. The van der Waals surface area contributed by atoms with Gasteiger partial charge in [-0.1, -0.05) is 0 Å². The molecule has 1 aromatic carbocycles. The van der Waals surface area contributed by atoms with E-state index < -0.39 is 16.0 Å². The number of rotatable bonds is 5. The summed E-state index contributed by atoms with van der Waals surface area (Å²) in [6.45, 7) is 0.188. The lowest BCUT2D eigenvalue weighted by molar-refractivity contribution is 0.0317. The molecule has 21 heavy (non-hydrogen) atoms. The molecule has 6 nitrogen and oxygen atoms in total. The summed E-state index contributed by atoms with van der Waals surface area (Å²) in [6.07, 6.45) is 3.71. The summed E-state index contributed by atoms with van der Waals surface area (Å²) in [5.74, 6) is -0.523. The van der Waals surface area contributed by atoms with Crippen LogP contribution in [-0.4, -0.2) is 27.6 Å². The van der Waals surface area contributed by atoms with Crippen molar-refractivity contribution in [3.05, 3.63) is 29.3 Å². The van der Waals surface area contributed by atoms with E-state index in [0.717, 1.165) is 25.7 Å². The van der Waals surface area contributed by atoms with Crippen molar-refractivity contribution in [3.63, 3.8) is 0 Å². The zero-order valence-corrected chi connectivity index (χ0v) is 12.7. The Balaban J connectivity index is 2.28. The van der Waals surface area contributed by atoms with E-state index in [9.17, 15) is 13.2 Å². The molecule has 7 heteroatoms. The van der Waals surface area contributed by atoms with Crippen molar-refractivity contribution in [2.24, 2.45) is 5.14 Å². The number of methoxy groups -OCH3 is 1. The van der Waals surface area contributed by atoms with Gasteiger partial charge >= 0.3 is 5.97 Å². The number of ether oxygens (including phenoxy) is 2. The van der Waals surface area contributed by atoms with E-state index in [1.165, 1.54) is 19.2 Å². The first-order chi connectivity index (χ1) is 9.90. The summed E-state index contributed by atoms with van der Waals surface area (Å²) in [5, 5.41) is 5.13. The van der Waals surface area contributed by atoms with Gasteiger partial charge in [0.2, 0.25) is 10.0 Å². The highest BCUT2D eigenvalue weighted by atomic mass is 32.2. The minimum Gasteiger partial charge on any atom is -0.459 e. The summed E-state index contributed by atoms with van der Waals surface area (Å²) in [4.78, 5) is 12.0. The maximum absolute atomic E-state index is 12.1. The fourth-order valence-corrected chi connectivity index (χ4v) is 3.03. The lowest BCUT2D eigenvalue weighted by Crippen LogP contribution is -2.17. The number of esters is 1. The lowest BCUT2D eigenvalue weighted by atomic mass is 10.1. The lowest BCUT2D eigenvalue weighted by Gasteiger charge is -2.13. The van der Waals surface area contributed by atoms with Crippen LogP contribution in [0.1, 0.15) is 41.6 Å². The van der Waals surface area contributed by atoms with Crippen LogP contribution in [0.4, 0.5) is 0 Å².